The van der Waals surface area contributed by atoms with Crippen molar-refractivity contribution in [1.82, 2.24) is 10.6 Å². The molecule has 200 valence electrons. The number of amides is 2. The lowest BCUT2D eigenvalue weighted by atomic mass is 9.90. The van der Waals surface area contributed by atoms with Gasteiger partial charge in [0.05, 0.1) is 26.4 Å². The molecule has 0 heterocycles. The van der Waals surface area contributed by atoms with E-state index in [2.05, 4.69) is 30.7 Å². The molecule has 0 aliphatic carbocycles. The summed E-state index contributed by atoms with van der Waals surface area (Å²) in [6.45, 7) is 12.7. The quantitative estimate of drug-likeness (QED) is 0.100. The van der Waals surface area contributed by atoms with Gasteiger partial charge in [0, 0.05) is 65.2 Å². The van der Waals surface area contributed by atoms with Crippen LogP contribution in [0.5, 0.6) is 0 Å². The summed E-state index contributed by atoms with van der Waals surface area (Å²) < 4.78 is 11.0. The minimum Gasteiger partial charge on any atom is -0.381 e. The first-order valence-corrected chi connectivity index (χ1v) is 11.8. The third kappa shape index (κ3) is 19.4. The molecule has 0 spiro atoms. The highest BCUT2D eigenvalue weighted by Crippen LogP contribution is 2.18. The maximum atomic E-state index is 12.3. The van der Waals surface area contributed by atoms with Crippen molar-refractivity contribution in [2.45, 2.75) is 65.8 Å². The third-order valence-corrected chi connectivity index (χ3v) is 5.16. The fraction of sp³-hybridized carbons (Fsp3) is 0.909. The molecule has 13 nitrogen and oxygen atoms in total. The molecule has 0 aliphatic rings. The number of nitrogens with zero attached hydrogens (tertiary/aromatic N) is 6. The van der Waals surface area contributed by atoms with Crippen LogP contribution < -0.4 is 16.4 Å². The Kier molecular flexibility index (Phi) is 15.7. The Hall–Kier alpha value is -2.56. The maximum absolute atomic E-state index is 12.3. The van der Waals surface area contributed by atoms with Gasteiger partial charge in [-0.3, -0.25) is 9.59 Å². The molecule has 13 heteroatoms. The van der Waals surface area contributed by atoms with Gasteiger partial charge >= 0.3 is 0 Å². The molecule has 35 heavy (non-hydrogen) atoms. The number of ether oxygens (including phenoxy) is 2. The Morgan fingerprint density at radius 3 is 1.51 bits per heavy atom. The van der Waals surface area contributed by atoms with Gasteiger partial charge in [-0.15, -0.1) is 0 Å². The van der Waals surface area contributed by atoms with E-state index in [4.69, 9.17) is 26.3 Å². The van der Waals surface area contributed by atoms with Crippen LogP contribution in [0, 0.1) is 10.8 Å². The molecule has 2 amide bonds. The summed E-state index contributed by atoms with van der Waals surface area (Å²) in [6, 6.07) is 0. The summed E-state index contributed by atoms with van der Waals surface area (Å²) in [4.78, 5) is 29.9. The molecule has 0 bridgehead atoms. The summed E-state index contributed by atoms with van der Waals surface area (Å²) in [6.07, 6.45) is 1.45. The smallest absolute Gasteiger partial charge is 0.220 e. The number of azide groups is 2. The highest BCUT2D eigenvalue weighted by molar-refractivity contribution is 5.76. The predicted molar refractivity (Wildman–Crippen MR) is 134 cm³/mol. The lowest BCUT2D eigenvalue weighted by Gasteiger charge is -2.27. The summed E-state index contributed by atoms with van der Waals surface area (Å²) in [5.74, 6) is -0.203. The monoisotopic (exact) mass is 497 g/mol. The summed E-state index contributed by atoms with van der Waals surface area (Å²) in [7, 11) is 0. The second kappa shape index (κ2) is 17.0. The first-order valence-electron chi connectivity index (χ1n) is 11.8. The zero-order valence-electron chi connectivity index (χ0n) is 21.9. The van der Waals surface area contributed by atoms with Crippen LogP contribution in [0.3, 0.4) is 0 Å². The van der Waals surface area contributed by atoms with Gasteiger partial charge in [0.1, 0.15) is 0 Å². The van der Waals surface area contributed by atoms with Gasteiger partial charge in [0.25, 0.3) is 0 Å². The molecule has 0 atom stereocenters. The minimum atomic E-state index is -0.644. The first kappa shape index (κ1) is 32.4. The van der Waals surface area contributed by atoms with E-state index in [-0.39, 0.29) is 48.6 Å². The first-order chi connectivity index (χ1) is 16.3. The molecule has 0 aliphatic heterocycles. The van der Waals surface area contributed by atoms with E-state index in [1.54, 1.807) is 0 Å². The molecule has 0 aromatic heterocycles. The van der Waals surface area contributed by atoms with Crippen molar-refractivity contribution in [3.8, 4) is 0 Å². The topological polar surface area (TPSA) is 200 Å². The third-order valence-electron chi connectivity index (χ3n) is 5.16. The number of hydrogen-bond acceptors (Lipinski definition) is 7. The highest BCUT2D eigenvalue weighted by Gasteiger charge is 2.24. The second-order valence-corrected chi connectivity index (χ2v) is 10.6. The Balaban J connectivity index is 4.17. The Labute approximate surface area is 208 Å². The fourth-order valence-corrected chi connectivity index (χ4v) is 2.87. The average molecular weight is 498 g/mol. The molecular formula is C22H43N9O4. The Morgan fingerprint density at radius 2 is 1.17 bits per heavy atom. The van der Waals surface area contributed by atoms with E-state index in [1.807, 2.05) is 34.6 Å². The maximum Gasteiger partial charge on any atom is 0.220 e. The van der Waals surface area contributed by atoms with Crippen molar-refractivity contribution >= 4 is 11.8 Å². The molecule has 0 radical (unpaired) electrons. The van der Waals surface area contributed by atoms with Gasteiger partial charge in [-0.25, -0.2) is 0 Å². The van der Waals surface area contributed by atoms with Gasteiger partial charge < -0.3 is 25.8 Å². The molecule has 0 saturated carbocycles. The van der Waals surface area contributed by atoms with Crippen LogP contribution in [0.15, 0.2) is 10.2 Å². The molecule has 0 fully saturated rings. The van der Waals surface area contributed by atoms with Crippen molar-refractivity contribution < 1.29 is 19.1 Å². The standard InChI is InChI=1S/C22H43N9O4/c1-20(2,16-34-12-10-28-30-24)14-26-18(32)6-8-22(5,23)9-7-19(33)27-15-21(3,4)17-35-13-11-29-31-25/h6-17,23H2,1-5H3,(H,26,32)(H,27,33). The zero-order valence-corrected chi connectivity index (χ0v) is 21.9. The van der Waals surface area contributed by atoms with Gasteiger partial charge in [0.2, 0.25) is 11.8 Å². The number of nitrogens with one attached hydrogen (secondary N) is 2. The molecule has 0 saturated heterocycles. The SMILES string of the molecule is CC(C)(CNC(=O)CCC(C)(N)CCC(=O)NCC(C)(C)COCCN=[N+]=[N-])COCCN=[N+]=[N-]. The van der Waals surface area contributed by atoms with E-state index < -0.39 is 5.54 Å². The summed E-state index contributed by atoms with van der Waals surface area (Å²) in [5.41, 5.74) is 21.6. The summed E-state index contributed by atoms with van der Waals surface area (Å²) in [5, 5.41) is 12.6. The molecule has 0 rings (SSSR count). The van der Waals surface area contributed by atoms with Crippen LogP contribution >= 0.6 is 0 Å². The van der Waals surface area contributed by atoms with E-state index in [1.165, 1.54) is 0 Å². The van der Waals surface area contributed by atoms with E-state index in [9.17, 15) is 9.59 Å². The zero-order chi connectivity index (χ0) is 26.8. The van der Waals surface area contributed by atoms with E-state index in [0.717, 1.165) is 0 Å². The van der Waals surface area contributed by atoms with Crippen LogP contribution in [0.25, 0.3) is 20.9 Å². The predicted octanol–water partition coefficient (Wildman–Crippen LogP) is 3.20. The van der Waals surface area contributed by atoms with Crippen molar-refractivity contribution in [3.63, 3.8) is 0 Å². The molecule has 4 N–H and O–H groups in total. The van der Waals surface area contributed by atoms with Gasteiger partial charge in [-0.2, -0.15) is 0 Å². The largest absolute Gasteiger partial charge is 0.381 e. The Bertz CT molecular complexity index is 683. The van der Waals surface area contributed by atoms with Crippen molar-refractivity contribution in [1.29, 1.82) is 0 Å². The van der Waals surface area contributed by atoms with Gasteiger partial charge in [-0.1, -0.05) is 37.9 Å². The number of rotatable bonds is 20. The van der Waals surface area contributed by atoms with E-state index >= 15 is 0 Å². The van der Waals surface area contributed by atoms with Crippen LogP contribution in [0.4, 0.5) is 0 Å². The highest BCUT2D eigenvalue weighted by atomic mass is 16.5. The number of carbonyl (C=O) groups is 2. The van der Waals surface area contributed by atoms with Gasteiger partial charge in [0.15, 0.2) is 0 Å². The van der Waals surface area contributed by atoms with Crippen LogP contribution in [-0.4, -0.2) is 70.0 Å². The number of hydrogen-bond donors (Lipinski definition) is 3. The molecular weight excluding hydrogens is 454 g/mol. The van der Waals surface area contributed by atoms with E-state index in [0.29, 0.717) is 52.4 Å². The number of nitrogens with two attached hydrogens (primary N) is 1. The van der Waals surface area contributed by atoms with Crippen LogP contribution in [0.1, 0.15) is 60.3 Å². The second-order valence-electron chi connectivity index (χ2n) is 10.6. The Morgan fingerprint density at radius 1 is 0.800 bits per heavy atom. The summed E-state index contributed by atoms with van der Waals surface area (Å²) >= 11 is 0. The number of carbonyl (C=O) groups excluding carboxylic acids is 2. The fourth-order valence-electron chi connectivity index (χ4n) is 2.87. The van der Waals surface area contributed by atoms with Crippen LogP contribution in [-0.2, 0) is 19.1 Å². The average Bonchev–Trinajstić information content (AvgIpc) is 2.79. The lowest BCUT2D eigenvalue weighted by molar-refractivity contribution is -0.122. The van der Waals surface area contributed by atoms with Crippen molar-refractivity contribution in [2.75, 3.05) is 52.6 Å². The van der Waals surface area contributed by atoms with Crippen molar-refractivity contribution in [2.24, 2.45) is 26.8 Å². The normalized spacial score (nSPS) is 13.2. The lowest BCUT2D eigenvalue weighted by Crippen LogP contribution is -2.42. The van der Waals surface area contributed by atoms with Crippen LogP contribution in [0.2, 0.25) is 0 Å². The van der Waals surface area contributed by atoms with Crippen molar-refractivity contribution in [3.05, 3.63) is 20.9 Å². The van der Waals surface area contributed by atoms with Gasteiger partial charge in [-0.05, 0) is 30.8 Å². The molecule has 0 aromatic rings. The minimum absolute atomic E-state index is 0.101. The molecule has 0 unspecified atom stereocenters. The molecule has 0 aromatic carbocycles.